The summed E-state index contributed by atoms with van der Waals surface area (Å²) >= 11 is 0. The number of ether oxygens (including phenoxy) is 4. The molecular weight excluding hydrogens is 444 g/mol. The standard InChI is InChI=1S/C29H44O6/c30-18-8-7-15-29(31,16-9-19-32-21-23-34-25-27-11-3-1-4-12-27)17-10-20-33-22-24-35-26-28-13-5-2-6-14-28/h1-6,11-14,30-31H,7-10,15-26H2. The Morgan fingerprint density at radius 3 is 1.40 bits per heavy atom. The fourth-order valence-corrected chi connectivity index (χ4v) is 3.92. The van der Waals surface area contributed by atoms with Gasteiger partial charge < -0.3 is 29.2 Å². The topological polar surface area (TPSA) is 77.4 Å². The van der Waals surface area contributed by atoms with Crippen molar-refractivity contribution in [2.24, 2.45) is 0 Å². The van der Waals surface area contributed by atoms with Crippen LogP contribution in [0.5, 0.6) is 0 Å². The minimum absolute atomic E-state index is 0.161. The lowest BCUT2D eigenvalue weighted by Crippen LogP contribution is -2.30. The van der Waals surface area contributed by atoms with Crippen LogP contribution in [0.15, 0.2) is 60.7 Å². The largest absolute Gasteiger partial charge is 0.396 e. The number of hydrogen-bond acceptors (Lipinski definition) is 6. The molecule has 0 aliphatic heterocycles. The molecule has 2 aromatic carbocycles. The molecular formula is C29H44O6. The molecule has 0 spiro atoms. The zero-order valence-electron chi connectivity index (χ0n) is 21.1. The van der Waals surface area contributed by atoms with Crippen LogP contribution in [-0.4, -0.2) is 62.1 Å². The average molecular weight is 489 g/mol. The average Bonchev–Trinajstić information content (AvgIpc) is 2.89. The van der Waals surface area contributed by atoms with E-state index in [-0.39, 0.29) is 6.61 Å². The minimum Gasteiger partial charge on any atom is -0.396 e. The number of rotatable bonds is 22. The maximum atomic E-state index is 11.1. The van der Waals surface area contributed by atoms with E-state index in [2.05, 4.69) is 0 Å². The molecule has 0 bridgehead atoms. The molecule has 6 nitrogen and oxygen atoms in total. The van der Waals surface area contributed by atoms with Crippen LogP contribution in [0.25, 0.3) is 0 Å². The molecule has 0 unspecified atom stereocenters. The Morgan fingerprint density at radius 2 is 0.943 bits per heavy atom. The van der Waals surface area contributed by atoms with Crippen molar-refractivity contribution in [3.63, 3.8) is 0 Å². The third-order valence-corrected chi connectivity index (χ3v) is 5.88. The first kappa shape index (κ1) is 29.4. The van der Waals surface area contributed by atoms with Gasteiger partial charge in [0.15, 0.2) is 0 Å². The summed E-state index contributed by atoms with van der Waals surface area (Å²) in [5.41, 5.74) is 1.57. The van der Waals surface area contributed by atoms with E-state index in [1.165, 1.54) is 0 Å². The zero-order valence-corrected chi connectivity index (χ0v) is 21.1. The summed E-state index contributed by atoms with van der Waals surface area (Å²) in [6, 6.07) is 20.2. The maximum absolute atomic E-state index is 11.1. The monoisotopic (exact) mass is 488 g/mol. The maximum Gasteiger partial charge on any atom is 0.0718 e. The van der Waals surface area contributed by atoms with Crippen LogP contribution < -0.4 is 0 Å². The molecule has 0 saturated heterocycles. The van der Waals surface area contributed by atoms with E-state index in [1.54, 1.807) is 0 Å². The van der Waals surface area contributed by atoms with Gasteiger partial charge in [0.05, 0.1) is 45.2 Å². The third-order valence-electron chi connectivity index (χ3n) is 5.88. The Labute approximate surface area is 211 Å². The van der Waals surface area contributed by atoms with Crippen molar-refractivity contribution < 1.29 is 29.2 Å². The summed E-state index contributed by atoms with van der Waals surface area (Å²) in [5.74, 6) is 0. The van der Waals surface area contributed by atoms with Gasteiger partial charge in [0, 0.05) is 19.8 Å². The summed E-state index contributed by atoms with van der Waals surface area (Å²) in [6.07, 6.45) is 5.17. The smallest absolute Gasteiger partial charge is 0.0718 e. The molecule has 0 aromatic heterocycles. The highest BCUT2D eigenvalue weighted by atomic mass is 16.5. The number of aliphatic hydroxyl groups is 2. The lowest BCUT2D eigenvalue weighted by atomic mass is 9.87. The summed E-state index contributed by atoms with van der Waals surface area (Å²) in [7, 11) is 0. The van der Waals surface area contributed by atoms with Crippen molar-refractivity contribution in [3.8, 4) is 0 Å². The zero-order chi connectivity index (χ0) is 24.9. The van der Waals surface area contributed by atoms with E-state index >= 15 is 0 Å². The molecule has 2 rings (SSSR count). The van der Waals surface area contributed by atoms with Crippen LogP contribution in [0.1, 0.15) is 56.1 Å². The van der Waals surface area contributed by atoms with Crippen LogP contribution >= 0.6 is 0 Å². The molecule has 2 aromatic rings. The van der Waals surface area contributed by atoms with Crippen molar-refractivity contribution in [2.75, 3.05) is 46.2 Å². The van der Waals surface area contributed by atoms with E-state index in [1.807, 2.05) is 60.7 Å². The highest BCUT2D eigenvalue weighted by Gasteiger charge is 2.25. The van der Waals surface area contributed by atoms with Crippen LogP contribution in [0.3, 0.4) is 0 Å². The molecule has 0 heterocycles. The van der Waals surface area contributed by atoms with E-state index in [4.69, 9.17) is 24.1 Å². The first-order valence-electron chi connectivity index (χ1n) is 12.9. The van der Waals surface area contributed by atoms with Crippen molar-refractivity contribution in [3.05, 3.63) is 71.8 Å². The van der Waals surface area contributed by atoms with Crippen LogP contribution in [0, 0.1) is 0 Å². The molecule has 0 saturated carbocycles. The lowest BCUT2D eigenvalue weighted by molar-refractivity contribution is -0.0150. The Kier molecular flexibility index (Phi) is 16.3. The second kappa shape index (κ2) is 19.4. The van der Waals surface area contributed by atoms with Gasteiger partial charge in [-0.15, -0.1) is 0 Å². The molecule has 0 fully saturated rings. The summed E-state index contributed by atoms with van der Waals surface area (Å²) in [4.78, 5) is 0. The first-order chi connectivity index (χ1) is 17.2. The Morgan fingerprint density at radius 1 is 0.514 bits per heavy atom. The number of benzene rings is 2. The molecule has 35 heavy (non-hydrogen) atoms. The summed E-state index contributed by atoms with van der Waals surface area (Å²) in [6.45, 7) is 4.77. The fourth-order valence-electron chi connectivity index (χ4n) is 3.92. The molecule has 0 atom stereocenters. The molecule has 6 heteroatoms. The van der Waals surface area contributed by atoms with Crippen LogP contribution in [0.2, 0.25) is 0 Å². The number of hydrogen-bond donors (Lipinski definition) is 2. The summed E-state index contributed by atoms with van der Waals surface area (Å²) in [5, 5.41) is 20.2. The van der Waals surface area contributed by atoms with E-state index in [0.29, 0.717) is 78.5 Å². The highest BCUT2D eigenvalue weighted by Crippen LogP contribution is 2.26. The van der Waals surface area contributed by atoms with Gasteiger partial charge in [-0.05, 0) is 56.1 Å². The first-order valence-corrected chi connectivity index (χ1v) is 12.9. The number of aliphatic hydroxyl groups excluding tert-OH is 1. The van der Waals surface area contributed by atoms with Gasteiger partial charge in [0.2, 0.25) is 0 Å². The molecule has 2 N–H and O–H groups in total. The molecule has 0 amide bonds. The Bertz CT molecular complexity index is 669. The van der Waals surface area contributed by atoms with Crippen molar-refractivity contribution in [1.82, 2.24) is 0 Å². The predicted molar refractivity (Wildman–Crippen MR) is 138 cm³/mol. The predicted octanol–water partition coefficient (Wildman–Crippen LogP) is 4.91. The van der Waals surface area contributed by atoms with Gasteiger partial charge in [-0.2, -0.15) is 0 Å². The van der Waals surface area contributed by atoms with Gasteiger partial charge in [0.25, 0.3) is 0 Å². The van der Waals surface area contributed by atoms with Gasteiger partial charge in [-0.3, -0.25) is 0 Å². The second-order valence-corrected chi connectivity index (χ2v) is 8.91. The second-order valence-electron chi connectivity index (χ2n) is 8.91. The van der Waals surface area contributed by atoms with Crippen molar-refractivity contribution in [1.29, 1.82) is 0 Å². The van der Waals surface area contributed by atoms with Gasteiger partial charge >= 0.3 is 0 Å². The van der Waals surface area contributed by atoms with Gasteiger partial charge in [0.1, 0.15) is 0 Å². The summed E-state index contributed by atoms with van der Waals surface area (Å²) < 4.78 is 22.7. The van der Waals surface area contributed by atoms with E-state index < -0.39 is 5.60 Å². The quantitative estimate of drug-likeness (QED) is 0.229. The minimum atomic E-state index is -0.741. The SMILES string of the molecule is OCCCCC(O)(CCCOCCOCc1ccccc1)CCCOCCOCc1ccccc1. The normalized spacial score (nSPS) is 11.7. The van der Waals surface area contributed by atoms with Gasteiger partial charge in [-0.1, -0.05) is 60.7 Å². The van der Waals surface area contributed by atoms with Crippen molar-refractivity contribution >= 4 is 0 Å². The van der Waals surface area contributed by atoms with Crippen molar-refractivity contribution in [2.45, 2.75) is 63.8 Å². The fraction of sp³-hybridized carbons (Fsp3) is 0.586. The van der Waals surface area contributed by atoms with E-state index in [9.17, 15) is 5.11 Å². The number of unbranched alkanes of at least 4 members (excludes halogenated alkanes) is 1. The lowest BCUT2D eigenvalue weighted by Gasteiger charge is -2.28. The Hall–Kier alpha value is -1.80. The Balaban J connectivity index is 1.51. The van der Waals surface area contributed by atoms with Crippen LogP contribution in [0.4, 0.5) is 0 Å². The third kappa shape index (κ3) is 15.0. The van der Waals surface area contributed by atoms with Crippen LogP contribution in [-0.2, 0) is 32.2 Å². The molecule has 0 radical (unpaired) electrons. The van der Waals surface area contributed by atoms with Gasteiger partial charge in [-0.25, -0.2) is 0 Å². The molecule has 0 aliphatic carbocycles. The molecule has 196 valence electrons. The van der Waals surface area contributed by atoms with E-state index in [0.717, 1.165) is 30.4 Å². The highest BCUT2D eigenvalue weighted by molar-refractivity contribution is 5.14. The molecule has 0 aliphatic rings.